The summed E-state index contributed by atoms with van der Waals surface area (Å²) in [6.45, 7) is 0.620. The molecule has 3 unspecified atom stereocenters. The van der Waals surface area contributed by atoms with Crippen LogP contribution in [0.1, 0.15) is 12.8 Å². The Bertz CT molecular complexity index is 222. The molecule has 0 radical (unpaired) electrons. The Morgan fingerprint density at radius 3 is 2.93 bits per heavy atom. The molecule has 0 aromatic rings. The predicted octanol–water partition coefficient (Wildman–Crippen LogP) is 1.16. The van der Waals surface area contributed by atoms with E-state index in [-0.39, 0.29) is 0 Å². The van der Waals surface area contributed by atoms with Gasteiger partial charge in [0.15, 0.2) is 0 Å². The second kappa shape index (κ2) is 4.37. The molecule has 1 fully saturated rings. The highest BCUT2D eigenvalue weighted by Crippen LogP contribution is 2.43. The first-order valence-corrected chi connectivity index (χ1v) is 4.89. The third-order valence-corrected chi connectivity index (χ3v) is 3.00. The van der Waals surface area contributed by atoms with Crippen molar-refractivity contribution in [2.24, 2.45) is 23.6 Å². The maximum Gasteiger partial charge on any atom is 0.0716 e. The SMILES string of the molecule is CO[N-]N(N)OCC1CC2C=CC1C2. The van der Waals surface area contributed by atoms with E-state index in [2.05, 4.69) is 22.6 Å². The molecule has 5 nitrogen and oxygen atoms in total. The highest BCUT2D eigenvalue weighted by molar-refractivity contribution is 5.09. The highest BCUT2D eigenvalue weighted by Gasteiger charge is 2.35. The minimum absolute atomic E-state index is 0.586. The van der Waals surface area contributed by atoms with Crippen LogP contribution in [0.2, 0.25) is 0 Å². The van der Waals surface area contributed by atoms with Gasteiger partial charge in [-0.2, -0.15) is 0 Å². The summed E-state index contributed by atoms with van der Waals surface area (Å²) in [5.41, 5.74) is 3.42. The van der Waals surface area contributed by atoms with Crippen LogP contribution < -0.4 is 5.84 Å². The lowest BCUT2D eigenvalue weighted by molar-refractivity contribution is -0.176. The first kappa shape index (κ1) is 10.1. The first-order chi connectivity index (χ1) is 6.79. The molecule has 2 aliphatic carbocycles. The van der Waals surface area contributed by atoms with Gasteiger partial charge in [-0.05, 0) is 30.6 Å². The highest BCUT2D eigenvalue weighted by atomic mass is 16.8. The van der Waals surface area contributed by atoms with Crippen molar-refractivity contribution >= 4 is 0 Å². The summed E-state index contributed by atoms with van der Waals surface area (Å²) in [7, 11) is 1.43. The summed E-state index contributed by atoms with van der Waals surface area (Å²) in [4.78, 5) is 9.67. The lowest BCUT2D eigenvalue weighted by Gasteiger charge is -2.31. The number of allylic oxidation sites excluding steroid dienone is 2. The van der Waals surface area contributed by atoms with Crippen LogP contribution in [0.4, 0.5) is 0 Å². The molecular weight excluding hydrogens is 182 g/mol. The zero-order chi connectivity index (χ0) is 9.97. The van der Waals surface area contributed by atoms with Crippen molar-refractivity contribution in [1.82, 2.24) is 5.28 Å². The van der Waals surface area contributed by atoms with Gasteiger partial charge in [-0.3, -0.25) is 5.84 Å². The van der Waals surface area contributed by atoms with Gasteiger partial charge in [-0.1, -0.05) is 12.2 Å². The van der Waals surface area contributed by atoms with E-state index >= 15 is 0 Å². The van der Waals surface area contributed by atoms with Gasteiger partial charge in [0.05, 0.1) is 6.61 Å². The smallest absolute Gasteiger partial charge is 0.0716 e. The van der Waals surface area contributed by atoms with Crippen LogP contribution in [0.25, 0.3) is 5.59 Å². The lowest BCUT2D eigenvalue weighted by Crippen LogP contribution is -2.30. The van der Waals surface area contributed by atoms with Crippen molar-refractivity contribution in [1.29, 1.82) is 0 Å². The Hall–Kier alpha value is -0.460. The molecule has 1 saturated carbocycles. The number of hydrogen-bond acceptors (Lipinski definition) is 4. The fraction of sp³-hybridized carbons (Fsp3) is 0.778. The van der Waals surface area contributed by atoms with Gasteiger partial charge in [0.1, 0.15) is 0 Å². The number of nitrogens with zero attached hydrogens (tertiary/aromatic N) is 2. The van der Waals surface area contributed by atoms with Gasteiger partial charge in [-0.15, -0.1) is 0 Å². The van der Waals surface area contributed by atoms with Crippen molar-refractivity contribution in [3.63, 3.8) is 0 Å². The molecule has 5 heteroatoms. The molecule has 2 rings (SSSR count). The Balaban J connectivity index is 1.69. The lowest BCUT2D eigenvalue weighted by atomic mass is 9.95. The Morgan fingerprint density at radius 2 is 2.36 bits per heavy atom. The number of fused-ring (bicyclic) bond motifs is 2. The first-order valence-electron chi connectivity index (χ1n) is 4.89. The minimum Gasteiger partial charge on any atom is -0.472 e. The van der Waals surface area contributed by atoms with E-state index in [4.69, 9.17) is 10.7 Å². The van der Waals surface area contributed by atoms with Gasteiger partial charge in [-0.25, -0.2) is 5.28 Å². The quantitative estimate of drug-likeness (QED) is 0.409. The largest absolute Gasteiger partial charge is 0.472 e. The van der Waals surface area contributed by atoms with Gasteiger partial charge >= 0.3 is 0 Å². The Morgan fingerprint density at radius 1 is 1.50 bits per heavy atom. The maximum atomic E-state index is 5.36. The number of hydrogen-bond donors (Lipinski definition) is 1. The van der Waals surface area contributed by atoms with Gasteiger partial charge in [0.2, 0.25) is 0 Å². The van der Waals surface area contributed by atoms with E-state index in [0.717, 1.165) is 11.2 Å². The second-order valence-corrected chi connectivity index (χ2v) is 3.90. The fourth-order valence-electron chi connectivity index (χ4n) is 2.36. The zero-order valence-electron chi connectivity index (χ0n) is 8.30. The molecule has 0 heterocycles. The van der Waals surface area contributed by atoms with Crippen LogP contribution >= 0.6 is 0 Å². The molecule has 0 aliphatic heterocycles. The van der Waals surface area contributed by atoms with Crippen molar-refractivity contribution in [2.75, 3.05) is 13.7 Å². The molecular formula is C9H16N3O2-. The third kappa shape index (κ3) is 2.13. The molecule has 2 bridgehead atoms. The van der Waals surface area contributed by atoms with Crippen LogP contribution in [-0.2, 0) is 9.68 Å². The van der Waals surface area contributed by atoms with Crippen molar-refractivity contribution in [3.8, 4) is 0 Å². The summed E-state index contributed by atoms with van der Waals surface area (Å²) in [5, 5.41) is 0.885. The van der Waals surface area contributed by atoms with E-state index in [1.807, 2.05) is 0 Å². The van der Waals surface area contributed by atoms with Crippen LogP contribution in [0.5, 0.6) is 0 Å². The summed E-state index contributed by atoms with van der Waals surface area (Å²) in [6.07, 6.45) is 7.08. The average molecular weight is 198 g/mol. The molecule has 80 valence electrons. The van der Waals surface area contributed by atoms with E-state index in [0.29, 0.717) is 18.4 Å². The predicted molar refractivity (Wildman–Crippen MR) is 51.2 cm³/mol. The Labute approximate surface area is 83.7 Å². The topological polar surface area (TPSA) is 61.8 Å². The van der Waals surface area contributed by atoms with Crippen LogP contribution in [-0.4, -0.2) is 19.0 Å². The van der Waals surface area contributed by atoms with E-state index in [9.17, 15) is 0 Å². The number of rotatable bonds is 5. The monoisotopic (exact) mass is 198 g/mol. The van der Waals surface area contributed by atoms with Gasteiger partial charge in [0.25, 0.3) is 0 Å². The second-order valence-electron chi connectivity index (χ2n) is 3.90. The van der Waals surface area contributed by atoms with Gasteiger partial charge < -0.3 is 15.3 Å². The van der Waals surface area contributed by atoms with E-state index < -0.39 is 0 Å². The summed E-state index contributed by atoms with van der Waals surface area (Å²) >= 11 is 0. The molecule has 0 amide bonds. The molecule has 0 aromatic carbocycles. The normalized spacial score (nSPS) is 34.6. The van der Waals surface area contributed by atoms with Crippen molar-refractivity contribution < 1.29 is 9.68 Å². The number of hydrazine groups is 1. The fourth-order valence-corrected chi connectivity index (χ4v) is 2.36. The van der Waals surface area contributed by atoms with Crippen molar-refractivity contribution in [3.05, 3.63) is 17.7 Å². The molecule has 0 saturated heterocycles. The summed E-state index contributed by atoms with van der Waals surface area (Å²) in [5.74, 6) is 7.39. The zero-order valence-corrected chi connectivity index (χ0v) is 8.30. The third-order valence-electron chi connectivity index (χ3n) is 3.00. The standard InChI is InChI=1S/C9H16N3O2/c1-13-11-12(10)14-6-9-5-7-2-3-8(9)4-7/h2-3,7-9H,4-6,10H2,1H3/q-1. The average Bonchev–Trinajstić information content (AvgIpc) is 2.76. The number of nitrogens with two attached hydrogens (primary N) is 1. The van der Waals surface area contributed by atoms with Crippen LogP contribution in [0.15, 0.2) is 12.2 Å². The van der Waals surface area contributed by atoms with Crippen LogP contribution in [0.3, 0.4) is 0 Å². The van der Waals surface area contributed by atoms with Crippen LogP contribution in [0, 0.1) is 17.8 Å². The van der Waals surface area contributed by atoms with Crippen molar-refractivity contribution in [2.45, 2.75) is 12.8 Å². The van der Waals surface area contributed by atoms with E-state index in [1.165, 1.54) is 20.0 Å². The maximum absolute atomic E-state index is 5.36. The Kier molecular flexibility index (Phi) is 3.15. The summed E-state index contributed by atoms with van der Waals surface area (Å²) < 4.78 is 0. The van der Waals surface area contributed by atoms with Gasteiger partial charge in [0, 0.05) is 7.11 Å². The molecule has 3 atom stereocenters. The molecule has 0 aromatic heterocycles. The molecule has 0 spiro atoms. The molecule has 2 aliphatic rings. The molecule has 14 heavy (non-hydrogen) atoms. The summed E-state index contributed by atoms with van der Waals surface area (Å²) in [6, 6.07) is 0. The molecule has 2 N–H and O–H groups in total. The van der Waals surface area contributed by atoms with E-state index in [1.54, 1.807) is 0 Å². The minimum atomic E-state index is 0.586.